The Bertz CT molecular complexity index is 510. The average molecular weight is 288 g/mol. The lowest BCUT2D eigenvalue weighted by Crippen LogP contribution is -2.44. The van der Waals surface area contributed by atoms with Crippen LogP contribution in [0.1, 0.15) is 53.6 Å². The molecule has 4 heteroatoms. The molecule has 1 amide bonds. The van der Waals surface area contributed by atoms with E-state index in [1.54, 1.807) is 0 Å². The van der Waals surface area contributed by atoms with Crippen LogP contribution in [0.15, 0.2) is 18.2 Å². The third-order valence-electron chi connectivity index (χ3n) is 4.61. The molecule has 0 radical (unpaired) electrons. The molecule has 4 nitrogen and oxygen atoms in total. The molecule has 0 saturated heterocycles. The summed E-state index contributed by atoms with van der Waals surface area (Å²) in [5.74, 6) is 0.127. The zero-order valence-corrected chi connectivity index (χ0v) is 12.5. The molecule has 2 N–H and O–H groups in total. The highest BCUT2D eigenvalue weighted by molar-refractivity contribution is 5.94. The van der Waals surface area contributed by atoms with E-state index in [0.29, 0.717) is 32.3 Å². The first kappa shape index (κ1) is 14.5. The summed E-state index contributed by atoms with van der Waals surface area (Å²) in [4.78, 5) is 14.9. The van der Waals surface area contributed by atoms with Crippen molar-refractivity contribution in [3.05, 3.63) is 34.9 Å². The fourth-order valence-electron chi connectivity index (χ4n) is 3.45. The molecule has 114 valence electrons. The van der Waals surface area contributed by atoms with Crippen molar-refractivity contribution in [1.29, 1.82) is 0 Å². The van der Waals surface area contributed by atoms with Crippen LogP contribution in [0.25, 0.3) is 0 Å². The number of carbonyl (C=O) groups excluding carboxylic acids is 1. The van der Waals surface area contributed by atoms with E-state index in [4.69, 9.17) is 10.5 Å². The number of amides is 1. The Morgan fingerprint density at radius 1 is 1.19 bits per heavy atom. The molecule has 1 heterocycles. The van der Waals surface area contributed by atoms with Gasteiger partial charge in [-0.25, -0.2) is 0 Å². The zero-order valence-electron chi connectivity index (χ0n) is 12.5. The highest BCUT2D eigenvalue weighted by Crippen LogP contribution is 2.26. The van der Waals surface area contributed by atoms with E-state index in [9.17, 15) is 4.79 Å². The molecule has 3 rings (SSSR count). The Morgan fingerprint density at radius 3 is 2.71 bits per heavy atom. The van der Waals surface area contributed by atoms with Gasteiger partial charge in [0.25, 0.3) is 5.91 Å². The number of fused-ring (bicyclic) bond motifs is 1. The Kier molecular flexibility index (Phi) is 4.56. The topological polar surface area (TPSA) is 55.6 Å². The molecule has 0 bridgehead atoms. The van der Waals surface area contributed by atoms with Crippen LogP contribution in [0.4, 0.5) is 0 Å². The molecule has 0 atom stereocenters. The molecule has 1 saturated carbocycles. The number of nitrogens with zero attached hydrogens (tertiary/aromatic N) is 1. The van der Waals surface area contributed by atoms with Crippen LogP contribution < -0.4 is 5.73 Å². The lowest BCUT2D eigenvalue weighted by atomic mass is 9.93. The predicted molar refractivity (Wildman–Crippen MR) is 81.9 cm³/mol. The molecule has 1 aliphatic carbocycles. The minimum Gasteiger partial charge on any atom is -0.372 e. The highest BCUT2D eigenvalue weighted by atomic mass is 16.5. The van der Waals surface area contributed by atoms with Crippen LogP contribution in [0, 0.1) is 0 Å². The predicted octanol–water partition coefficient (Wildman–Crippen LogP) is 2.45. The smallest absolute Gasteiger partial charge is 0.254 e. The molecule has 1 aromatic carbocycles. The van der Waals surface area contributed by atoms with Gasteiger partial charge in [-0.2, -0.15) is 0 Å². The lowest BCUT2D eigenvalue weighted by Gasteiger charge is -2.34. The summed E-state index contributed by atoms with van der Waals surface area (Å²) in [7, 11) is 0. The molecule has 2 aliphatic rings. The second kappa shape index (κ2) is 6.58. The molecular weight excluding hydrogens is 264 g/mol. The van der Waals surface area contributed by atoms with Crippen molar-refractivity contribution in [3.63, 3.8) is 0 Å². The van der Waals surface area contributed by atoms with Gasteiger partial charge >= 0.3 is 0 Å². The van der Waals surface area contributed by atoms with Gasteiger partial charge in [0, 0.05) is 24.7 Å². The van der Waals surface area contributed by atoms with E-state index in [1.807, 2.05) is 23.1 Å². The van der Waals surface area contributed by atoms with E-state index in [2.05, 4.69) is 0 Å². The van der Waals surface area contributed by atoms with Crippen LogP contribution in [-0.2, 0) is 18.0 Å². The van der Waals surface area contributed by atoms with Crippen molar-refractivity contribution in [2.45, 2.75) is 51.4 Å². The number of rotatable bonds is 4. The third-order valence-corrected chi connectivity index (χ3v) is 4.61. The van der Waals surface area contributed by atoms with Crippen LogP contribution in [0.2, 0.25) is 0 Å². The summed E-state index contributed by atoms with van der Waals surface area (Å²) in [6, 6.07) is 6.32. The molecule has 21 heavy (non-hydrogen) atoms. The fraction of sp³-hybridized carbons (Fsp3) is 0.588. The van der Waals surface area contributed by atoms with Gasteiger partial charge in [-0.3, -0.25) is 4.79 Å². The summed E-state index contributed by atoms with van der Waals surface area (Å²) in [6.45, 7) is 2.46. The van der Waals surface area contributed by atoms with Gasteiger partial charge in [0.2, 0.25) is 0 Å². The van der Waals surface area contributed by atoms with E-state index >= 15 is 0 Å². The molecular formula is C17H24N2O2. The standard InChI is InChI=1S/C17H24N2O2/c18-8-9-19(16-4-2-1-3-5-16)17(20)13-6-7-14-11-21-12-15(14)10-13/h6-7,10,16H,1-5,8-9,11-12,18H2. The maximum atomic E-state index is 12.9. The van der Waals surface area contributed by atoms with Gasteiger partial charge in [-0.1, -0.05) is 25.3 Å². The second-order valence-corrected chi connectivity index (χ2v) is 6.06. The maximum absolute atomic E-state index is 12.9. The van der Waals surface area contributed by atoms with Crippen LogP contribution >= 0.6 is 0 Å². The minimum atomic E-state index is 0.127. The average Bonchev–Trinajstić information content (AvgIpc) is 3.00. The van der Waals surface area contributed by atoms with Crippen molar-refractivity contribution in [2.75, 3.05) is 13.1 Å². The van der Waals surface area contributed by atoms with E-state index in [0.717, 1.165) is 24.0 Å². The number of hydrogen-bond acceptors (Lipinski definition) is 3. The number of benzene rings is 1. The summed E-state index contributed by atoms with van der Waals surface area (Å²) in [6.07, 6.45) is 5.95. The van der Waals surface area contributed by atoms with Gasteiger partial charge in [0.1, 0.15) is 0 Å². The van der Waals surface area contributed by atoms with Gasteiger partial charge in [-0.15, -0.1) is 0 Å². The van der Waals surface area contributed by atoms with Gasteiger partial charge < -0.3 is 15.4 Å². The summed E-state index contributed by atoms with van der Waals surface area (Å²) < 4.78 is 5.43. The molecule has 0 spiro atoms. The molecule has 1 fully saturated rings. The third kappa shape index (κ3) is 3.11. The first-order chi connectivity index (χ1) is 10.3. The van der Waals surface area contributed by atoms with Crippen LogP contribution in [-0.4, -0.2) is 29.9 Å². The van der Waals surface area contributed by atoms with Crippen molar-refractivity contribution < 1.29 is 9.53 Å². The van der Waals surface area contributed by atoms with E-state index in [1.165, 1.54) is 24.8 Å². The monoisotopic (exact) mass is 288 g/mol. The summed E-state index contributed by atoms with van der Waals surface area (Å²) in [5.41, 5.74) is 8.86. The number of ether oxygens (including phenoxy) is 1. The lowest BCUT2D eigenvalue weighted by molar-refractivity contribution is 0.0641. The molecule has 1 aromatic rings. The number of nitrogens with two attached hydrogens (primary N) is 1. The Morgan fingerprint density at radius 2 is 1.95 bits per heavy atom. The van der Waals surface area contributed by atoms with Gasteiger partial charge in [-0.05, 0) is 36.1 Å². The molecule has 0 unspecified atom stereocenters. The molecule has 0 aromatic heterocycles. The van der Waals surface area contributed by atoms with Crippen LogP contribution in [0.5, 0.6) is 0 Å². The van der Waals surface area contributed by atoms with E-state index in [-0.39, 0.29) is 5.91 Å². The number of hydrogen-bond donors (Lipinski definition) is 1. The first-order valence-corrected chi connectivity index (χ1v) is 8.00. The Balaban J connectivity index is 1.79. The molecule has 1 aliphatic heterocycles. The van der Waals surface area contributed by atoms with Crippen molar-refractivity contribution in [2.24, 2.45) is 5.73 Å². The van der Waals surface area contributed by atoms with Gasteiger partial charge in [0.05, 0.1) is 13.2 Å². The van der Waals surface area contributed by atoms with Crippen molar-refractivity contribution >= 4 is 5.91 Å². The Hall–Kier alpha value is -1.39. The summed E-state index contributed by atoms with van der Waals surface area (Å²) >= 11 is 0. The van der Waals surface area contributed by atoms with Crippen LogP contribution in [0.3, 0.4) is 0 Å². The normalized spacial score (nSPS) is 18.5. The Labute approximate surface area is 126 Å². The zero-order chi connectivity index (χ0) is 14.7. The van der Waals surface area contributed by atoms with Crippen molar-refractivity contribution in [3.8, 4) is 0 Å². The summed E-state index contributed by atoms with van der Waals surface area (Å²) in [5, 5.41) is 0. The first-order valence-electron chi connectivity index (χ1n) is 8.00. The van der Waals surface area contributed by atoms with Crippen molar-refractivity contribution in [1.82, 2.24) is 4.90 Å². The maximum Gasteiger partial charge on any atom is 0.254 e. The second-order valence-electron chi connectivity index (χ2n) is 6.06. The SMILES string of the molecule is NCCN(C(=O)c1ccc2c(c1)COC2)C1CCCCC1. The van der Waals surface area contributed by atoms with E-state index < -0.39 is 0 Å². The largest absolute Gasteiger partial charge is 0.372 e. The van der Waals surface area contributed by atoms with Gasteiger partial charge in [0.15, 0.2) is 0 Å². The highest BCUT2D eigenvalue weighted by Gasteiger charge is 2.26. The number of carbonyl (C=O) groups is 1. The minimum absolute atomic E-state index is 0.127. The quantitative estimate of drug-likeness (QED) is 0.926. The fourth-order valence-corrected chi connectivity index (χ4v) is 3.45.